The van der Waals surface area contributed by atoms with E-state index in [0.717, 1.165) is 31.4 Å². The zero-order valence-electron chi connectivity index (χ0n) is 16.8. The minimum absolute atomic E-state index is 0.346. The van der Waals surface area contributed by atoms with Crippen LogP contribution in [0.3, 0.4) is 0 Å². The molecule has 4 heterocycles. The lowest BCUT2D eigenvalue weighted by molar-refractivity contribution is 0.109. The van der Waals surface area contributed by atoms with Crippen LogP contribution in [0.5, 0.6) is 0 Å². The van der Waals surface area contributed by atoms with E-state index in [-0.39, 0.29) is 0 Å². The molecule has 3 aromatic rings. The van der Waals surface area contributed by atoms with Crippen molar-refractivity contribution in [2.24, 2.45) is 0 Å². The van der Waals surface area contributed by atoms with Crippen LogP contribution in [0.2, 0.25) is 0 Å². The van der Waals surface area contributed by atoms with Crippen LogP contribution in [0.15, 0.2) is 61.1 Å². The molecule has 4 heteroatoms. The van der Waals surface area contributed by atoms with E-state index in [2.05, 4.69) is 54.2 Å². The number of hydrogen-bond acceptors (Lipinski definition) is 4. The van der Waals surface area contributed by atoms with Gasteiger partial charge >= 0.3 is 0 Å². The summed E-state index contributed by atoms with van der Waals surface area (Å²) in [7, 11) is 2.23. The molecule has 0 spiro atoms. The highest BCUT2D eigenvalue weighted by Crippen LogP contribution is 2.39. The summed E-state index contributed by atoms with van der Waals surface area (Å²) in [5.74, 6) is 0. The summed E-state index contributed by atoms with van der Waals surface area (Å²) >= 11 is 0. The molecule has 0 aliphatic carbocycles. The van der Waals surface area contributed by atoms with Gasteiger partial charge in [0.2, 0.25) is 0 Å². The highest BCUT2D eigenvalue weighted by Gasteiger charge is 2.31. The normalized spacial score (nSPS) is 20.2. The van der Waals surface area contributed by atoms with Crippen LogP contribution in [0, 0.1) is 6.92 Å². The Kier molecular flexibility index (Phi) is 5.77. The summed E-state index contributed by atoms with van der Waals surface area (Å²) in [4.78, 5) is 16.4. The second-order valence-electron chi connectivity index (χ2n) is 7.75. The van der Waals surface area contributed by atoms with Crippen molar-refractivity contribution in [2.45, 2.75) is 51.1 Å². The van der Waals surface area contributed by atoms with Crippen molar-refractivity contribution in [3.05, 3.63) is 89.3 Å². The van der Waals surface area contributed by atoms with Gasteiger partial charge in [-0.2, -0.15) is 0 Å². The molecule has 1 aliphatic heterocycles. The molecule has 4 nitrogen and oxygen atoms in total. The molecular formula is C24H28N4. The highest BCUT2D eigenvalue weighted by molar-refractivity contribution is 5.23. The third-order valence-electron chi connectivity index (χ3n) is 5.87. The van der Waals surface area contributed by atoms with Crippen LogP contribution in [-0.2, 0) is 12.8 Å². The molecule has 0 amide bonds. The van der Waals surface area contributed by atoms with E-state index in [1.807, 2.05) is 30.7 Å². The van der Waals surface area contributed by atoms with Crippen LogP contribution in [-0.4, -0.2) is 26.9 Å². The number of piperidine rings is 1. The van der Waals surface area contributed by atoms with E-state index in [0.29, 0.717) is 12.1 Å². The topological polar surface area (TPSA) is 41.9 Å². The SMILES string of the molecule is Cc1cccnc1[C@@H]1CCC[C@H](c2cccc(CCc3cccnc3)n2)N1C. The second-order valence-corrected chi connectivity index (χ2v) is 7.75. The molecule has 4 rings (SSSR count). The quantitative estimate of drug-likeness (QED) is 0.641. The summed E-state index contributed by atoms with van der Waals surface area (Å²) in [6.45, 7) is 2.16. The molecule has 0 bridgehead atoms. The molecule has 0 saturated carbocycles. The number of aryl methyl sites for hydroxylation is 3. The van der Waals surface area contributed by atoms with Gasteiger partial charge in [-0.3, -0.25) is 19.9 Å². The Morgan fingerprint density at radius 1 is 0.964 bits per heavy atom. The van der Waals surface area contributed by atoms with E-state index in [1.165, 1.54) is 28.9 Å². The minimum Gasteiger partial charge on any atom is -0.289 e. The smallest absolute Gasteiger partial charge is 0.0604 e. The monoisotopic (exact) mass is 372 g/mol. The number of aromatic nitrogens is 3. The fourth-order valence-corrected chi connectivity index (χ4v) is 4.30. The fourth-order valence-electron chi connectivity index (χ4n) is 4.30. The number of nitrogens with zero attached hydrogens (tertiary/aromatic N) is 4. The molecular weight excluding hydrogens is 344 g/mol. The first-order chi connectivity index (χ1) is 13.7. The number of hydrogen-bond donors (Lipinski definition) is 0. The lowest BCUT2D eigenvalue weighted by Crippen LogP contribution is -2.34. The summed E-state index contributed by atoms with van der Waals surface area (Å²) in [5, 5.41) is 0. The van der Waals surface area contributed by atoms with Crippen molar-refractivity contribution in [1.29, 1.82) is 0 Å². The molecule has 0 aromatic carbocycles. The molecule has 0 N–H and O–H groups in total. The van der Waals surface area contributed by atoms with Crippen LogP contribution in [0.4, 0.5) is 0 Å². The van der Waals surface area contributed by atoms with E-state index in [4.69, 9.17) is 9.97 Å². The van der Waals surface area contributed by atoms with Crippen molar-refractivity contribution >= 4 is 0 Å². The highest BCUT2D eigenvalue weighted by atomic mass is 15.2. The van der Waals surface area contributed by atoms with Gasteiger partial charge in [-0.05, 0) is 81.5 Å². The number of rotatable bonds is 5. The van der Waals surface area contributed by atoms with Gasteiger partial charge in [-0.15, -0.1) is 0 Å². The Morgan fingerprint density at radius 2 is 1.82 bits per heavy atom. The molecule has 2 atom stereocenters. The largest absolute Gasteiger partial charge is 0.289 e. The van der Waals surface area contributed by atoms with Crippen molar-refractivity contribution in [3.63, 3.8) is 0 Å². The van der Waals surface area contributed by atoms with Crippen LogP contribution >= 0.6 is 0 Å². The first-order valence-electron chi connectivity index (χ1n) is 10.2. The van der Waals surface area contributed by atoms with E-state index >= 15 is 0 Å². The summed E-state index contributed by atoms with van der Waals surface area (Å²) in [5.41, 5.74) is 6.09. The maximum atomic E-state index is 5.03. The zero-order valence-corrected chi connectivity index (χ0v) is 16.8. The van der Waals surface area contributed by atoms with Gasteiger partial charge in [0.05, 0.1) is 23.5 Å². The third kappa shape index (κ3) is 4.12. The van der Waals surface area contributed by atoms with Crippen LogP contribution in [0.1, 0.15) is 59.6 Å². The zero-order chi connectivity index (χ0) is 19.3. The fraction of sp³-hybridized carbons (Fsp3) is 0.375. The standard InChI is InChI=1S/C24H28N4/c1-18-7-5-16-26-24(18)23-12-4-11-22(28(23)2)21-10-3-9-20(27-21)14-13-19-8-6-15-25-17-19/h3,5-10,15-17,22-23H,4,11-14H2,1-2H3/t22-,23+/m1/s1. The molecule has 144 valence electrons. The van der Waals surface area contributed by atoms with Gasteiger partial charge in [-0.1, -0.05) is 18.2 Å². The summed E-state index contributed by atoms with van der Waals surface area (Å²) < 4.78 is 0. The molecule has 1 fully saturated rings. The van der Waals surface area contributed by atoms with Gasteiger partial charge in [-0.25, -0.2) is 0 Å². The third-order valence-corrected chi connectivity index (χ3v) is 5.87. The van der Waals surface area contributed by atoms with Gasteiger partial charge < -0.3 is 0 Å². The average Bonchev–Trinajstić information content (AvgIpc) is 2.74. The van der Waals surface area contributed by atoms with Gasteiger partial charge in [0.1, 0.15) is 0 Å². The Morgan fingerprint density at radius 3 is 2.64 bits per heavy atom. The molecule has 1 saturated heterocycles. The number of pyridine rings is 3. The predicted octanol–water partition coefficient (Wildman–Crippen LogP) is 4.86. The Labute approximate surface area is 167 Å². The molecule has 0 unspecified atom stereocenters. The minimum atomic E-state index is 0.346. The van der Waals surface area contributed by atoms with E-state index in [1.54, 1.807) is 0 Å². The molecule has 1 aliphatic rings. The van der Waals surface area contributed by atoms with Crippen molar-refractivity contribution in [1.82, 2.24) is 19.9 Å². The maximum Gasteiger partial charge on any atom is 0.0604 e. The maximum absolute atomic E-state index is 5.03. The molecule has 0 radical (unpaired) electrons. The first-order valence-corrected chi connectivity index (χ1v) is 10.2. The lowest BCUT2D eigenvalue weighted by Gasteiger charge is -2.39. The van der Waals surface area contributed by atoms with Gasteiger partial charge in [0, 0.05) is 24.3 Å². The van der Waals surface area contributed by atoms with Crippen molar-refractivity contribution in [2.75, 3.05) is 7.05 Å². The van der Waals surface area contributed by atoms with Gasteiger partial charge in [0.15, 0.2) is 0 Å². The second kappa shape index (κ2) is 8.61. The van der Waals surface area contributed by atoms with Gasteiger partial charge in [0.25, 0.3) is 0 Å². The predicted molar refractivity (Wildman–Crippen MR) is 112 cm³/mol. The summed E-state index contributed by atoms with van der Waals surface area (Å²) in [6, 6.07) is 15.5. The van der Waals surface area contributed by atoms with Crippen molar-refractivity contribution in [3.8, 4) is 0 Å². The first kappa shape index (κ1) is 18.8. The van der Waals surface area contributed by atoms with E-state index < -0.39 is 0 Å². The van der Waals surface area contributed by atoms with Crippen LogP contribution < -0.4 is 0 Å². The Balaban J connectivity index is 1.51. The van der Waals surface area contributed by atoms with Crippen molar-refractivity contribution < 1.29 is 0 Å². The van der Waals surface area contributed by atoms with Crippen LogP contribution in [0.25, 0.3) is 0 Å². The average molecular weight is 373 g/mol. The Bertz CT molecular complexity index is 909. The lowest BCUT2D eigenvalue weighted by atomic mass is 9.90. The molecule has 28 heavy (non-hydrogen) atoms. The molecule has 3 aromatic heterocycles. The number of likely N-dealkylation sites (tertiary alicyclic amines) is 1. The summed E-state index contributed by atoms with van der Waals surface area (Å²) in [6.07, 6.45) is 11.1. The Hall–Kier alpha value is -2.59. The van der Waals surface area contributed by atoms with E-state index in [9.17, 15) is 0 Å².